The number of rotatable bonds is 6. The summed E-state index contributed by atoms with van der Waals surface area (Å²) >= 11 is 1.20. The van der Waals surface area contributed by atoms with E-state index in [0.717, 1.165) is 9.87 Å². The molecule has 5 nitrogen and oxygen atoms in total. The van der Waals surface area contributed by atoms with Gasteiger partial charge in [-0.3, -0.25) is 4.79 Å². The van der Waals surface area contributed by atoms with Gasteiger partial charge in [-0.2, -0.15) is 4.31 Å². The zero-order valence-corrected chi connectivity index (χ0v) is 16.6. The highest BCUT2D eigenvalue weighted by molar-refractivity contribution is 7.93. The Balaban J connectivity index is 2.09. The molecule has 2 aromatic carbocycles. The predicted octanol–water partition coefficient (Wildman–Crippen LogP) is 4.49. The normalized spacial score (nSPS) is 11.2. The maximum absolute atomic E-state index is 13.3. The van der Waals surface area contributed by atoms with Crippen LogP contribution in [-0.4, -0.2) is 20.9 Å². The average molecular weight is 402 g/mol. The van der Waals surface area contributed by atoms with Gasteiger partial charge in [0.2, 0.25) is 0 Å². The van der Waals surface area contributed by atoms with E-state index in [1.54, 1.807) is 53.9 Å². The molecule has 1 amide bonds. The van der Waals surface area contributed by atoms with Gasteiger partial charge in [-0.25, -0.2) is 8.42 Å². The minimum absolute atomic E-state index is 0.0619. The van der Waals surface area contributed by atoms with Crippen molar-refractivity contribution in [3.8, 4) is 5.75 Å². The van der Waals surface area contributed by atoms with Gasteiger partial charge < -0.3 is 4.74 Å². The third-order valence-corrected chi connectivity index (χ3v) is 6.44. The summed E-state index contributed by atoms with van der Waals surface area (Å²) in [5.41, 5.74) is 1.20. The summed E-state index contributed by atoms with van der Waals surface area (Å²) in [5, 5.41) is 1.74. The summed E-state index contributed by atoms with van der Waals surface area (Å²) in [6.07, 6.45) is 0. The summed E-state index contributed by atoms with van der Waals surface area (Å²) in [6, 6.07) is 16.2. The molecule has 0 aliphatic heterocycles. The van der Waals surface area contributed by atoms with Crippen molar-refractivity contribution in [2.24, 2.45) is 0 Å². The molecule has 27 heavy (non-hydrogen) atoms. The molecule has 0 unspecified atom stereocenters. The first kappa shape index (κ1) is 19.1. The number of anilines is 1. The van der Waals surface area contributed by atoms with Crippen LogP contribution in [0.15, 0.2) is 70.9 Å². The van der Waals surface area contributed by atoms with E-state index in [1.165, 1.54) is 23.5 Å². The monoisotopic (exact) mass is 401 g/mol. The fraction of sp³-hybridized carbons (Fsp3) is 0.150. The first-order valence-electron chi connectivity index (χ1n) is 8.36. The van der Waals surface area contributed by atoms with Crippen LogP contribution < -0.4 is 9.04 Å². The molecular weight excluding hydrogens is 382 g/mol. The molecule has 7 heteroatoms. The van der Waals surface area contributed by atoms with E-state index < -0.39 is 15.9 Å². The first-order chi connectivity index (χ1) is 12.9. The van der Waals surface area contributed by atoms with Crippen LogP contribution in [0.2, 0.25) is 0 Å². The van der Waals surface area contributed by atoms with Crippen LogP contribution in [0.1, 0.15) is 22.2 Å². The number of nitrogens with zero attached hydrogens (tertiary/aromatic N) is 1. The van der Waals surface area contributed by atoms with Crippen LogP contribution in [0.4, 0.5) is 5.69 Å². The maximum Gasteiger partial charge on any atom is 0.282 e. The van der Waals surface area contributed by atoms with Crippen LogP contribution >= 0.6 is 11.3 Å². The van der Waals surface area contributed by atoms with Gasteiger partial charge in [-0.05, 0) is 61.7 Å². The Hall–Kier alpha value is -2.64. The van der Waals surface area contributed by atoms with Crippen molar-refractivity contribution in [1.82, 2.24) is 0 Å². The van der Waals surface area contributed by atoms with E-state index in [-0.39, 0.29) is 10.6 Å². The summed E-state index contributed by atoms with van der Waals surface area (Å²) in [4.78, 5) is 13.4. The Morgan fingerprint density at radius 3 is 2.26 bits per heavy atom. The molecule has 3 aromatic rings. The van der Waals surface area contributed by atoms with Gasteiger partial charge in [-0.1, -0.05) is 23.8 Å². The highest BCUT2D eigenvalue weighted by Crippen LogP contribution is 2.29. The zero-order chi connectivity index (χ0) is 19.4. The lowest BCUT2D eigenvalue weighted by Gasteiger charge is -2.22. The minimum atomic E-state index is -4.07. The summed E-state index contributed by atoms with van der Waals surface area (Å²) in [5.74, 6) is 0.0206. The Morgan fingerprint density at radius 1 is 1.04 bits per heavy atom. The third-order valence-electron chi connectivity index (χ3n) is 3.86. The van der Waals surface area contributed by atoms with E-state index in [2.05, 4.69) is 0 Å². The smallest absolute Gasteiger partial charge is 0.282 e. The van der Waals surface area contributed by atoms with Gasteiger partial charge >= 0.3 is 0 Å². The second kappa shape index (κ2) is 7.94. The van der Waals surface area contributed by atoms with Crippen LogP contribution in [0.25, 0.3) is 0 Å². The first-order valence-corrected chi connectivity index (χ1v) is 10.7. The highest BCUT2D eigenvalue weighted by atomic mass is 32.2. The van der Waals surface area contributed by atoms with Gasteiger partial charge in [0.1, 0.15) is 5.75 Å². The van der Waals surface area contributed by atoms with Crippen LogP contribution in [-0.2, 0) is 10.0 Å². The molecule has 0 N–H and O–H groups in total. The molecule has 0 aliphatic rings. The number of carbonyl (C=O) groups excluding carboxylic acids is 1. The second-order valence-corrected chi connectivity index (χ2v) is 8.53. The molecule has 0 saturated carbocycles. The zero-order valence-electron chi connectivity index (χ0n) is 15.0. The molecule has 0 saturated heterocycles. The average Bonchev–Trinajstić information content (AvgIpc) is 3.18. The third kappa shape index (κ3) is 4.04. The number of carbonyl (C=O) groups is 1. The molecule has 0 radical (unpaired) electrons. The Morgan fingerprint density at radius 2 is 1.70 bits per heavy atom. The van der Waals surface area contributed by atoms with Crippen LogP contribution in [0.3, 0.4) is 0 Å². The molecule has 0 aliphatic carbocycles. The van der Waals surface area contributed by atoms with Crippen LogP contribution in [0, 0.1) is 6.92 Å². The summed E-state index contributed by atoms with van der Waals surface area (Å²) in [6.45, 7) is 4.23. The van der Waals surface area contributed by atoms with Crippen LogP contribution in [0.5, 0.6) is 5.75 Å². The molecule has 0 fully saturated rings. The fourth-order valence-corrected chi connectivity index (χ4v) is 4.64. The molecule has 0 bridgehead atoms. The predicted molar refractivity (Wildman–Crippen MR) is 107 cm³/mol. The van der Waals surface area contributed by atoms with Gasteiger partial charge in [0.05, 0.1) is 22.1 Å². The number of hydrogen-bond donors (Lipinski definition) is 0. The second-order valence-electron chi connectivity index (χ2n) is 5.79. The van der Waals surface area contributed by atoms with Gasteiger partial charge in [-0.15, -0.1) is 11.3 Å². The molecule has 140 valence electrons. The molecular formula is C20H19NO4S2. The molecule has 1 aromatic heterocycles. The Kier molecular flexibility index (Phi) is 5.62. The Bertz CT molecular complexity index is 1010. The number of benzene rings is 2. The number of hydrogen-bond acceptors (Lipinski definition) is 5. The lowest BCUT2D eigenvalue weighted by Crippen LogP contribution is -2.36. The Labute approximate surface area is 162 Å². The van der Waals surface area contributed by atoms with Crippen molar-refractivity contribution in [3.05, 3.63) is 76.5 Å². The van der Waals surface area contributed by atoms with Crippen molar-refractivity contribution >= 4 is 33.0 Å². The summed E-state index contributed by atoms with van der Waals surface area (Å²) < 4.78 is 32.8. The van der Waals surface area contributed by atoms with Gasteiger partial charge in [0.15, 0.2) is 0 Å². The van der Waals surface area contributed by atoms with E-state index in [0.29, 0.717) is 17.2 Å². The molecule has 3 rings (SSSR count). The lowest BCUT2D eigenvalue weighted by atomic mass is 10.2. The summed E-state index contributed by atoms with van der Waals surface area (Å²) in [7, 11) is -4.07. The van der Waals surface area contributed by atoms with Crippen molar-refractivity contribution in [2.75, 3.05) is 10.9 Å². The quantitative estimate of drug-likeness (QED) is 0.610. The highest BCUT2D eigenvalue weighted by Gasteiger charge is 2.32. The lowest BCUT2D eigenvalue weighted by molar-refractivity contribution is 0.101. The van der Waals surface area contributed by atoms with Gasteiger partial charge in [0.25, 0.3) is 15.9 Å². The number of aryl methyl sites for hydroxylation is 1. The number of sulfonamides is 1. The topological polar surface area (TPSA) is 63.7 Å². The van der Waals surface area contributed by atoms with E-state index in [9.17, 15) is 13.2 Å². The standard InChI is InChI=1S/C20H19NO4S2/c1-3-25-17-10-8-16(9-11-17)21(20(22)19-5-4-14-26-19)27(23,24)18-12-6-15(2)7-13-18/h4-14H,3H2,1-2H3. The van der Waals surface area contributed by atoms with Crippen molar-refractivity contribution in [3.63, 3.8) is 0 Å². The van der Waals surface area contributed by atoms with Crippen molar-refractivity contribution < 1.29 is 17.9 Å². The van der Waals surface area contributed by atoms with Gasteiger partial charge in [0, 0.05) is 0 Å². The number of ether oxygens (including phenoxy) is 1. The largest absolute Gasteiger partial charge is 0.494 e. The molecule has 0 spiro atoms. The maximum atomic E-state index is 13.3. The van der Waals surface area contributed by atoms with Crippen molar-refractivity contribution in [1.29, 1.82) is 0 Å². The van der Waals surface area contributed by atoms with E-state index in [1.807, 2.05) is 13.8 Å². The van der Waals surface area contributed by atoms with E-state index in [4.69, 9.17) is 4.74 Å². The number of amides is 1. The molecule has 0 atom stereocenters. The number of thiophene rings is 1. The fourth-order valence-electron chi connectivity index (χ4n) is 2.53. The molecule has 1 heterocycles. The minimum Gasteiger partial charge on any atom is -0.494 e. The van der Waals surface area contributed by atoms with E-state index >= 15 is 0 Å². The SMILES string of the molecule is CCOc1ccc(N(C(=O)c2cccs2)S(=O)(=O)c2ccc(C)cc2)cc1. The van der Waals surface area contributed by atoms with Crippen molar-refractivity contribution in [2.45, 2.75) is 18.7 Å².